The number of rotatable bonds is 2. The van der Waals surface area contributed by atoms with E-state index in [1.165, 1.54) is 0 Å². The molecule has 0 aliphatic heterocycles. The lowest BCUT2D eigenvalue weighted by Gasteiger charge is -2.02. The van der Waals surface area contributed by atoms with Crippen LogP contribution in [0.2, 0.25) is 5.02 Å². The van der Waals surface area contributed by atoms with E-state index < -0.39 is 5.97 Å². The van der Waals surface area contributed by atoms with Crippen LogP contribution in [0.15, 0.2) is 67.3 Å². The minimum absolute atomic E-state index is 0.722. The van der Waals surface area contributed by atoms with Gasteiger partial charge in [-0.2, -0.15) is 0 Å². The van der Waals surface area contributed by atoms with Gasteiger partial charge >= 0.3 is 0 Å². The van der Waals surface area contributed by atoms with Crippen molar-refractivity contribution in [1.29, 1.82) is 0 Å². The fourth-order valence-corrected chi connectivity index (χ4v) is 1.56. The smallest absolute Gasteiger partial charge is 0.0636 e. The number of carbonyl (C=O) groups excluding carboxylic acids is 1. The average molecular weight is 260 g/mol. The third-order valence-electron chi connectivity index (χ3n) is 2.13. The second kappa shape index (κ2) is 7.30. The molecule has 0 spiro atoms. The van der Waals surface area contributed by atoms with Crippen LogP contribution in [0, 0.1) is 0 Å². The molecule has 92 valence electrons. The van der Waals surface area contributed by atoms with Crippen LogP contribution in [0.1, 0.15) is 0 Å². The minimum atomic E-state index is -1.23. The Bertz CT molecular complexity index is 521. The van der Waals surface area contributed by atoms with Crippen LogP contribution in [-0.4, -0.2) is 5.97 Å². The summed E-state index contributed by atoms with van der Waals surface area (Å²) >= 11 is 6.06. The Kier molecular flexibility index (Phi) is 5.68. The second-order valence-corrected chi connectivity index (χ2v) is 3.78. The number of hydrogen-bond donors (Lipinski definition) is 0. The van der Waals surface area contributed by atoms with Gasteiger partial charge in [-0.15, -0.1) is 0 Å². The highest BCUT2D eigenvalue weighted by Gasteiger charge is 1.99. The summed E-state index contributed by atoms with van der Waals surface area (Å²) in [6, 6.07) is 18.0. The number of carbonyl (C=O) groups is 1. The monoisotopic (exact) mass is 259 g/mol. The summed E-state index contributed by atoms with van der Waals surface area (Å²) in [6.07, 6.45) is 0.722. The summed E-state index contributed by atoms with van der Waals surface area (Å²) in [4.78, 5) is 9.14. The third kappa shape index (κ3) is 4.44. The highest BCUT2D eigenvalue weighted by atomic mass is 35.5. The zero-order valence-corrected chi connectivity index (χ0v) is 10.4. The number of carboxylic acid groups (broad SMARTS) is 1. The summed E-state index contributed by atoms with van der Waals surface area (Å²) < 4.78 is 0. The maximum absolute atomic E-state index is 9.14. The van der Waals surface area contributed by atoms with Crippen LogP contribution < -0.4 is 5.11 Å². The van der Waals surface area contributed by atoms with Gasteiger partial charge in [0.2, 0.25) is 0 Å². The van der Waals surface area contributed by atoms with Gasteiger partial charge < -0.3 is 9.90 Å². The molecule has 3 heteroatoms. The van der Waals surface area contributed by atoms with Crippen LogP contribution in [0.25, 0.3) is 11.1 Å². The summed E-state index contributed by atoms with van der Waals surface area (Å²) in [6.45, 7) is 2.90. The van der Waals surface area contributed by atoms with Gasteiger partial charge in [0.15, 0.2) is 0 Å². The molecule has 0 bridgehead atoms. The van der Waals surface area contributed by atoms with Crippen LogP contribution in [0.5, 0.6) is 0 Å². The third-order valence-corrected chi connectivity index (χ3v) is 2.45. The normalized spacial score (nSPS) is 8.94. The van der Waals surface area contributed by atoms with E-state index in [1.807, 2.05) is 42.5 Å². The van der Waals surface area contributed by atoms with Crippen LogP contribution in [-0.2, 0) is 4.79 Å². The fraction of sp³-hybridized carbons (Fsp3) is 0. The minimum Gasteiger partial charge on any atom is -0.545 e. The van der Waals surface area contributed by atoms with E-state index in [-0.39, 0.29) is 0 Å². The molecule has 2 nitrogen and oxygen atoms in total. The van der Waals surface area contributed by atoms with Crippen molar-refractivity contribution in [1.82, 2.24) is 0 Å². The molecule has 0 atom stereocenters. The van der Waals surface area contributed by atoms with E-state index in [2.05, 4.69) is 18.7 Å². The van der Waals surface area contributed by atoms with Gasteiger partial charge in [-0.1, -0.05) is 66.7 Å². The van der Waals surface area contributed by atoms with Gasteiger partial charge in [0, 0.05) is 10.6 Å². The number of carboxylic acids is 1. The lowest BCUT2D eigenvalue weighted by Crippen LogP contribution is -2.17. The molecular weight excluding hydrogens is 248 g/mol. The first-order valence-electron chi connectivity index (χ1n) is 5.28. The lowest BCUT2D eigenvalue weighted by molar-refractivity contribution is -0.297. The van der Waals surface area contributed by atoms with E-state index in [4.69, 9.17) is 21.5 Å². The van der Waals surface area contributed by atoms with Gasteiger partial charge in [-0.3, -0.25) is 0 Å². The fourth-order valence-electron chi connectivity index (χ4n) is 1.31. The predicted octanol–water partition coefficient (Wildman–Crippen LogP) is 2.93. The Morgan fingerprint density at radius 1 is 1.06 bits per heavy atom. The van der Waals surface area contributed by atoms with Crippen molar-refractivity contribution in [3.8, 4) is 11.1 Å². The molecule has 0 unspecified atom stereocenters. The lowest BCUT2D eigenvalue weighted by atomic mass is 10.1. The topological polar surface area (TPSA) is 40.1 Å². The standard InChI is InChI=1S/C12H9Cl.C3H4O2/c13-12-9-5-4-8-11(12)10-6-2-1-3-7-10;1-2-3(4)5/h1-9H;2H,1H2,(H,4,5)/p-1. The molecule has 0 N–H and O–H groups in total. The van der Waals surface area contributed by atoms with Crippen molar-refractivity contribution in [2.24, 2.45) is 0 Å². The molecule has 0 radical (unpaired) electrons. The van der Waals surface area contributed by atoms with Crippen molar-refractivity contribution in [3.63, 3.8) is 0 Å². The summed E-state index contributed by atoms with van der Waals surface area (Å²) in [5, 5.41) is 9.94. The highest BCUT2D eigenvalue weighted by Crippen LogP contribution is 2.26. The van der Waals surface area contributed by atoms with Crippen LogP contribution in [0.3, 0.4) is 0 Å². The molecule has 0 aliphatic rings. The van der Waals surface area contributed by atoms with Crippen molar-refractivity contribution in [2.45, 2.75) is 0 Å². The Morgan fingerprint density at radius 2 is 1.56 bits per heavy atom. The zero-order valence-electron chi connectivity index (χ0n) is 9.68. The first kappa shape index (κ1) is 14.0. The highest BCUT2D eigenvalue weighted by molar-refractivity contribution is 6.33. The summed E-state index contributed by atoms with van der Waals surface area (Å²) in [5.41, 5.74) is 2.25. The Morgan fingerprint density at radius 3 is 2.06 bits per heavy atom. The number of aliphatic carboxylic acids is 1. The van der Waals surface area contributed by atoms with Crippen molar-refractivity contribution in [2.75, 3.05) is 0 Å². The van der Waals surface area contributed by atoms with Crippen molar-refractivity contribution >= 4 is 17.6 Å². The van der Waals surface area contributed by atoms with E-state index in [0.29, 0.717) is 0 Å². The number of benzene rings is 2. The molecule has 0 amide bonds. The Hall–Kier alpha value is -2.06. The quantitative estimate of drug-likeness (QED) is 0.778. The van der Waals surface area contributed by atoms with Gasteiger partial charge in [-0.25, -0.2) is 0 Å². The maximum atomic E-state index is 9.14. The molecule has 0 saturated heterocycles. The Balaban J connectivity index is 0.000000280. The van der Waals surface area contributed by atoms with E-state index in [1.54, 1.807) is 0 Å². The Labute approximate surface area is 111 Å². The van der Waals surface area contributed by atoms with Gasteiger partial charge in [0.25, 0.3) is 0 Å². The van der Waals surface area contributed by atoms with E-state index in [9.17, 15) is 0 Å². The second-order valence-electron chi connectivity index (χ2n) is 3.37. The molecule has 0 fully saturated rings. The number of halogens is 1. The first-order valence-corrected chi connectivity index (χ1v) is 5.66. The van der Waals surface area contributed by atoms with Crippen LogP contribution >= 0.6 is 11.6 Å². The molecule has 0 aliphatic carbocycles. The summed E-state index contributed by atoms with van der Waals surface area (Å²) in [7, 11) is 0. The van der Waals surface area contributed by atoms with Gasteiger partial charge in [0.05, 0.1) is 5.97 Å². The van der Waals surface area contributed by atoms with Crippen LogP contribution in [0.4, 0.5) is 0 Å². The van der Waals surface area contributed by atoms with Crippen molar-refractivity contribution in [3.05, 3.63) is 72.3 Å². The average Bonchev–Trinajstić information content (AvgIpc) is 2.41. The van der Waals surface area contributed by atoms with E-state index in [0.717, 1.165) is 22.2 Å². The zero-order chi connectivity index (χ0) is 13.4. The molecule has 2 aromatic rings. The van der Waals surface area contributed by atoms with Gasteiger partial charge in [0.1, 0.15) is 0 Å². The maximum Gasteiger partial charge on any atom is 0.0636 e. The first-order chi connectivity index (χ1) is 8.65. The van der Waals surface area contributed by atoms with Gasteiger partial charge in [-0.05, 0) is 17.7 Å². The molecule has 0 saturated carbocycles. The SMILES string of the molecule is C=CC(=O)[O-].Clc1ccccc1-c1ccccc1. The summed E-state index contributed by atoms with van der Waals surface area (Å²) in [5.74, 6) is -1.23. The number of hydrogen-bond acceptors (Lipinski definition) is 2. The van der Waals surface area contributed by atoms with Crippen molar-refractivity contribution < 1.29 is 9.90 Å². The molecule has 2 aromatic carbocycles. The molecule has 18 heavy (non-hydrogen) atoms. The molecule has 0 aromatic heterocycles. The molecule has 2 rings (SSSR count). The molecular formula is C15H12ClO2-. The largest absolute Gasteiger partial charge is 0.545 e. The molecule has 0 heterocycles. The predicted molar refractivity (Wildman–Crippen MR) is 72.1 cm³/mol. The van der Waals surface area contributed by atoms with E-state index >= 15 is 0 Å².